The van der Waals surface area contributed by atoms with Gasteiger partial charge in [-0.25, -0.2) is 9.59 Å². The van der Waals surface area contributed by atoms with E-state index in [9.17, 15) is 9.59 Å². The molecule has 1 atom stereocenters. The molecule has 1 N–H and O–H groups in total. The van der Waals surface area contributed by atoms with Crippen molar-refractivity contribution in [1.82, 2.24) is 9.78 Å². The van der Waals surface area contributed by atoms with E-state index in [2.05, 4.69) is 5.10 Å². The van der Waals surface area contributed by atoms with Crippen molar-refractivity contribution in [2.24, 2.45) is 0 Å². The fourth-order valence-corrected chi connectivity index (χ4v) is 1.46. The molecule has 0 bridgehead atoms. The second-order valence-corrected chi connectivity index (χ2v) is 4.94. The number of rotatable bonds is 4. The number of ether oxygens (including phenoxy) is 1. The molecule has 0 aliphatic carbocycles. The standard InChI is InChI=1S/C12H18N2O4/c1-5-9(11(17)18-12(2,3)4)14-7-6-8(13-14)10(15)16/h6-7,9H,5H2,1-4H3,(H,15,16)/t9-/m1/s1. The molecular formula is C12H18N2O4. The van der Waals surface area contributed by atoms with Crippen LogP contribution in [-0.2, 0) is 9.53 Å². The highest BCUT2D eigenvalue weighted by Crippen LogP contribution is 2.17. The molecule has 1 aromatic rings. The first kappa shape index (κ1) is 14.2. The Labute approximate surface area is 106 Å². The molecule has 6 heteroatoms. The number of carbonyl (C=O) groups is 2. The smallest absolute Gasteiger partial charge is 0.356 e. The summed E-state index contributed by atoms with van der Waals surface area (Å²) in [5.41, 5.74) is -0.662. The van der Waals surface area contributed by atoms with Crippen LogP contribution in [0.15, 0.2) is 12.3 Å². The van der Waals surface area contributed by atoms with Crippen LogP contribution >= 0.6 is 0 Å². The first-order chi connectivity index (χ1) is 8.24. The number of hydrogen-bond acceptors (Lipinski definition) is 4. The van der Waals surface area contributed by atoms with Crippen molar-refractivity contribution in [2.45, 2.75) is 45.8 Å². The molecule has 0 aliphatic rings. The summed E-state index contributed by atoms with van der Waals surface area (Å²) in [5.74, 6) is -1.53. The molecule has 0 saturated heterocycles. The Morgan fingerprint density at radius 2 is 2.11 bits per heavy atom. The molecule has 0 spiro atoms. The molecule has 0 aromatic carbocycles. The topological polar surface area (TPSA) is 81.4 Å². The number of esters is 1. The molecule has 6 nitrogen and oxygen atoms in total. The zero-order valence-corrected chi connectivity index (χ0v) is 11.0. The minimum absolute atomic E-state index is 0.0861. The van der Waals surface area contributed by atoms with Gasteiger partial charge in [0.15, 0.2) is 5.69 Å². The van der Waals surface area contributed by atoms with Crippen molar-refractivity contribution in [3.8, 4) is 0 Å². The van der Waals surface area contributed by atoms with E-state index < -0.39 is 23.6 Å². The van der Waals surface area contributed by atoms with Gasteiger partial charge in [-0.15, -0.1) is 0 Å². The van der Waals surface area contributed by atoms with Crippen LogP contribution in [0.4, 0.5) is 0 Å². The Morgan fingerprint density at radius 3 is 2.50 bits per heavy atom. The molecule has 1 heterocycles. The number of carbonyl (C=O) groups excluding carboxylic acids is 1. The van der Waals surface area contributed by atoms with E-state index in [0.29, 0.717) is 6.42 Å². The highest BCUT2D eigenvalue weighted by molar-refractivity contribution is 5.85. The van der Waals surface area contributed by atoms with Crippen LogP contribution in [0, 0.1) is 0 Å². The predicted molar refractivity (Wildman–Crippen MR) is 64.4 cm³/mol. The van der Waals surface area contributed by atoms with Crippen LogP contribution in [0.1, 0.15) is 50.6 Å². The largest absolute Gasteiger partial charge is 0.476 e. The maximum Gasteiger partial charge on any atom is 0.356 e. The summed E-state index contributed by atoms with van der Waals surface area (Å²) < 4.78 is 6.60. The maximum absolute atomic E-state index is 11.9. The summed E-state index contributed by atoms with van der Waals surface area (Å²) in [6.07, 6.45) is 1.96. The third kappa shape index (κ3) is 3.58. The zero-order chi connectivity index (χ0) is 13.9. The minimum Gasteiger partial charge on any atom is -0.476 e. The number of aromatic nitrogens is 2. The highest BCUT2D eigenvalue weighted by Gasteiger charge is 2.26. The molecule has 0 amide bonds. The van der Waals surface area contributed by atoms with Crippen molar-refractivity contribution in [2.75, 3.05) is 0 Å². The average Bonchev–Trinajstić information content (AvgIpc) is 2.65. The van der Waals surface area contributed by atoms with E-state index >= 15 is 0 Å². The number of hydrogen-bond donors (Lipinski definition) is 1. The Bertz CT molecular complexity index is 445. The lowest BCUT2D eigenvalue weighted by atomic mass is 10.1. The Balaban J connectivity index is 2.88. The molecule has 1 rings (SSSR count). The summed E-state index contributed by atoms with van der Waals surface area (Å²) in [7, 11) is 0. The van der Waals surface area contributed by atoms with E-state index in [1.165, 1.54) is 16.9 Å². The second-order valence-electron chi connectivity index (χ2n) is 4.94. The van der Waals surface area contributed by atoms with Gasteiger partial charge in [-0.3, -0.25) is 4.68 Å². The maximum atomic E-state index is 11.9. The number of nitrogens with zero attached hydrogens (tertiary/aromatic N) is 2. The van der Waals surface area contributed by atoms with Gasteiger partial charge in [0.05, 0.1) is 0 Å². The van der Waals surface area contributed by atoms with Crippen molar-refractivity contribution in [3.63, 3.8) is 0 Å². The van der Waals surface area contributed by atoms with Crippen molar-refractivity contribution in [3.05, 3.63) is 18.0 Å². The van der Waals surface area contributed by atoms with Gasteiger partial charge >= 0.3 is 11.9 Å². The van der Waals surface area contributed by atoms with Crippen LogP contribution < -0.4 is 0 Å². The lowest BCUT2D eigenvalue weighted by Gasteiger charge is -2.23. The quantitative estimate of drug-likeness (QED) is 0.829. The highest BCUT2D eigenvalue weighted by atomic mass is 16.6. The summed E-state index contributed by atoms with van der Waals surface area (Å²) in [6, 6.07) is 0.757. The van der Waals surface area contributed by atoms with Crippen LogP contribution in [0.5, 0.6) is 0 Å². The first-order valence-electron chi connectivity index (χ1n) is 5.76. The first-order valence-corrected chi connectivity index (χ1v) is 5.76. The van der Waals surface area contributed by atoms with E-state index in [1.54, 1.807) is 20.8 Å². The molecule has 1 aromatic heterocycles. The third-order valence-corrected chi connectivity index (χ3v) is 2.21. The number of carboxylic acid groups (broad SMARTS) is 1. The van der Waals surface area contributed by atoms with Gasteiger partial charge in [-0.2, -0.15) is 5.10 Å². The molecular weight excluding hydrogens is 236 g/mol. The monoisotopic (exact) mass is 254 g/mol. The van der Waals surface area contributed by atoms with E-state index in [4.69, 9.17) is 9.84 Å². The Kier molecular flexibility index (Phi) is 4.11. The molecule has 100 valence electrons. The fourth-order valence-electron chi connectivity index (χ4n) is 1.46. The van der Waals surface area contributed by atoms with E-state index in [-0.39, 0.29) is 5.69 Å². The van der Waals surface area contributed by atoms with Crippen LogP contribution in [0.3, 0.4) is 0 Å². The van der Waals surface area contributed by atoms with Crippen molar-refractivity contribution < 1.29 is 19.4 Å². The Hall–Kier alpha value is -1.85. The fraction of sp³-hybridized carbons (Fsp3) is 0.583. The van der Waals surface area contributed by atoms with Gasteiger partial charge in [0.1, 0.15) is 11.6 Å². The lowest BCUT2D eigenvalue weighted by molar-refractivity contribution is -0.159. The zero-order valence-electron chi connectivity index (χ0n) is 11.0. The summed E-state index contributed by atoms with van der Waals surface area (Å²) in [4.78, 5) is 22.7. The summed E-state index contributed by atoms with van der Waals surface area (Å²) >= 11 is 0. The van der Waals surface area contributed by atoms with Crippen LogP contribution in [0.25, 0.3) is 0 Å². The average molecular weight is 254 g/mol. The molecule has 18 heavy (non-hydrogen) atoms. The lowest BCUT2D eigenvalue weighted by Crippen LogP contribution is -2.30. The molecule has 0 fully saturated rings. The molecule has 0 unspecified atom stereocenters. The van der Waals surface area contributed by atoms with Gasteiger partial charge in [-0.05, 0) is 33.3 Å². The van der Waals surface area contributed by atoms with Gasteiger partial charge in [0.2, 0.25) is 0 Å². The van der Waals surface area contributed by atoms with E-state index in [1.807, 2.05) is 6.92 Å². The SMILES string of the molecule is CC[C@H](C(=O)OC(C)(C)C)n1ccc(C(=O)O)n1. The number of aromatic carboxylic acids is 1. The molecule has 0 saturated carbocycles. The minimum atomic E-state index is -1.12. The van der Waals surface area contributed by atoms with Crippen LogP contribution in [0.2, 0.25) is 0 Å². The Morgan fingerprint density at radius 1 is 1.50 bits per heavy atom. The van der Waals surface area contributed by atoms with Gasteiger partial charge in [0.25, 0.3) is 0 Å². The second kappa shape index (κ2) is 5.20. The number of carboxylic acids is 1. The molecule has 0 radical (unpaired) electrons. The normalized spacial score (nSPS) is 13.1. The predicted octanol–water partition coefficient (Wildman–Crippen LogP) is 1.87. The van der Waals surface area contributed by atoms with Gasteiger partial charge in [-0.1, -0.05) is 6.92 Å². The van der Waals surface area contributed by atoms with Crippen molar-refractivity contribution in [1.29, 1.82) is 0 Å². The van der Waals surface area contributed by atoms with Gasteiger partial charge < -0.3 is 9.84 Å². The third-order valence-electron chi connectivity index (χ3n) is 2.21. The van der Waals surface area contributed by atoms with E-state index in [0.717, 1.165) is 0 Å². The molecule has 0 aliphatic heterocycles. The summed E-state index contributed by atoms with van der Waals surface area (Å²) in [5, 5.41) is 12.6. The van der Waals surface area contributed by atoms with Crippen LogP contribution in [-0.4, -0.2) is 32.4 Å². The van der Waals surface area contributed by atoms with Gasteiger partial charge in [0, 0.05) is 6.20 Å². The summed E-state index contributed by atoms with van der Waals surface area (Å²) in [6.45, 7) is 7.16. The van der Waals surface area contributed by atoms with Crippen molar-refractivity contribution >= 4 is 11.9 Å².